The number of nitrogens with zero attached hydrogens (tertiary/aromatic N) is 2. The van der Waals surface area contributed by atoms with E-state index in [4.69, 9.17) is 27.7 Å². The summed E-state index contributed by atoms with van der Waals surface area (Å²) >= 11 is 11.9. The third-order valence-electron chi connectivity index (χ3n) is 3.06. The van der Waals surface area contributed by atoms with E-state index in [1.807, 2.05) is 0 Å². The van der Waals surface area contributed by atoms with Crippen LogP contribution in [0.25, 0.3) is 0 Å². The van der Waals surface area contributed by atoms with Gasteiger partial charge < -0.3 is 14.7 Å². The number of rotatable bonds is 5. The van der Waals surface area contributed by atoms with Gasteiger partial charge in [-0.15, -0.1) is 0 Å². The molecule has 0 fully saturated rings. The lowest BCUT2D eigenvalue weighted by molar-refractivity contribution is -0.116. The predicted octanol–water partition coefficient (Wildman–Crippen LogP) is 3.39. The van der Waals surface area contributed by atoms with Gasteiger partial charge in [0.2, 0.25) is 5.91 Å². The minimum absolute atomic E-state index is 0.125. The van der Waals surface area contributed by atoms with Gasteiger partial charge in [-0.25, -0.2) is 0 Å². The molecular formula is C15H15Cl2N3O3. The molecule has 0 aliphatic carbocycles. The number of amides is 2. The van der Waals surface area contributed by atoms with Crippen molar-refractivity contribution in [3.63, 3.8) is 0 Å². The number of hydrogen-bond donors (Lipinski definition) is 1. The summed E-state index contributed by atoms with van der Waals surface area (Å²) in [5.74, 6) is 0.163. The first-order chi connectivity index (χ1) is 10.9. The van der Waals surface area contributed by atoms with E-state index >= 15 is 0 Å². The molecule has 2 rings (SSSR count). The third kappa shape index (κ3) is 4.46. The zero-order valence-electron chi connectivity index (χ0n) is 12.6. The molecule has 0 bridgehead atoms. The van der Waals surface area contributed by atoms with Crippen LogP contribution in [-0.4, -0.2) is 35.0 Å². The maximum atomic E-state index is 12.5. The first-order valence-electron chi connectivity index (χ1n) is 6.88. The standard InChI is InChI=1S/C15H15Cl2N3O3/c1-3-20(8-14(21)18-13-6-9(2)23-19-13)15(22)11-5-4-10(16)7-12(11)17/h4-7H,3,8H2,1-2H3,(H,18,19,21). The molecule has 0 unspecified atom stereocenters. The van der Waals surface area contributed by atoms with Crippen LogP contribution in [0.3, 0.4) is 0 Å². The minimum Gasteiger partial charge on any atom is -0.360 e. The molecule has 0 spiro atoms. The Kier molecular flexibility index (Phi) is 5.63. The van der Waals surface area contributed by atoms with Crippen molar-refractivity contribution in [2.75, 3.05) is 18.4 Å². The van der Waals surface area contributed by atoms with E-state index in [0.717, 1.165) is 0 Å². The number of halogens is 2. The van der Waals surface area contributed by atoms with Gasteiger partial charge in [-0.1, -0.05) is 28.4 Å². The molecule has 1 aromatic carbocycles. The number of nitrogens with one attached hydrogen (secondary N) is 1. The van der Waals surface area contributed by atoms with Crippen LogP contribution in [0.5, 0.6) is 0 Å². The van der Waals surface area contributed by atoms with Crippen LogP contribution in [0.15, 0.2) is 28.8 Å². The number of benzene rings is 1. The van der Waals surface area contributed by atoms with Crippen LogP contribution in [0.2, 0.25) is 10.0 Å². The first kappa shape index (κ1) is 17.3. The highest BCUT2D eigenvalue weighted by Gasteiger charge is 2.20. The molecule has 0 aliphatic heterocycles. The van der Waals surface area contributed by atoms with E-state index in [-0.39, 0.29) is 23.4 Å². The Labute approximate surface area is 143 Å². The van der Waals surface area contributed by atoms with E-state index in [1.54, 1.807) is 26.0 Å². The fourth-order valence-electron chi connectivity index (χ4n) is 1.94. The van der Waals surface area contributed by atoms with Gasteiger partial charge in [-0.3, -0.25) is 9.59 Å². The number of carbonyl (C=O) groups excluding carboxylic acids is 2. The number of aromatic nitrogens is 1. The second-order valence-corrected chi connectivity index (χ2v) is 5.66. The Balaban J connectivity index is 2.06. The zero-order valence-corrected chi connectivity index (χ0v) is 14.1. The maximum Gasteiger partial charge on any atom is 0.255 e. The number of hydrogen-bond acceptors (Lipinski definition) is 4. The smallest absolute Gasteiger partial charge is 0.255 e. The Morgan fingerprint density at radius 2 is 2.04 bits per heavy atom. The molecule has 0 radical (unpaired) electrons. The number of likely N-dealkylation sites (N-methyl/N-ethyl adjacent to an activating group) is 1. The lowest BCUT2D eigenvalue weighted by Gasteiger charge is -2.20. The van der Waals surface area contributed by atoms with E-state index in [9.17, 15) is 9.59 Å². The molecule has 2 aromatic rings. The van der Waals surface area contributed by atoms with Crippen molar-refractivity contribution in [2.24, 2.45) is 0 Å². The fourth-order valence-corrected chi connectivity index (χ4v) is 2.43. The molecule has 122 valence electrons. The van der Waals surface area contributed by atoms with Crippen molar-refractivity contribution >= 4 is 40.8 Å². The average molecular weight is 356 g/mol. The molecule has 0 atom stereocenters. The molecule has 1 aromatic heterocycles. The van der Waals surface area contributed by atoms with Crippen LogP contribution in [0.4, 0.5) is 5.82 Å². The molecule has 0 saturated heterocycles. The second-order valence-electron chi connectivity index (χ2n) is 4.81. The van der Waals surface area contributed by atoms with Crippen molar-refractivity contribution in [1.29, 1.82) is 0 Å². The van der Waals surface area contributed by atoms with Crippen LogP contribution < -0.4 is 5.32 Å². The van der Waals surface area contributed by atoms with Crippen molar-refractivity contribution < 1.29 is 14.1 Å². The fraction of sp³-hybridized carbons (Fsp3) is 0.267. The Bertz CT molecular complexity index is 731. The Morgan fingerprint density at radius 3 is 2.61 bits per heavy atom. The molecule has 0 saturated carbocycles. The monoisotopic (exact) mass is 355 g/mol. The SMILES string of the molecule is CCN(CC(=O)Nc1cc(C)on1)C(=O)c1ccc(Cl)cc1Cl. The maximum absolute atomic E-state index is 12.5. The third-order valence-corrected chi connectivity index (χ3v) is 3.61. The van der Waals surface area contributed by atoms with Crippen molar-refractivity contribution in [2.45, 2.75) is 13.8 Å². The van der Waals surface area contributed by atoms with Crippen molar-refractivity contribution in [1.82, 2.24) is 10.1 Å². The largest absolute Gasteiger partial charge is 0.360 e. The van der Waals surface area contributed by atoms with Crippen LogP contribution in [-0.2, 0) is 4.79 Å². The molecule has 6 nitrogen and oxygen atoms in total. The van der Waals surface area contributed by atoms with Crippen LogP contribution in [0, 0.1) is 6.92 Å². The lowest BCUT2D eigenvalue weighted by Crippen LogP contribution is -2.38. The topological polar surface area (TPSA) is 75.4 Å². The van der Waals surface area contributed by atoms with Crippen LogP contribution in [0.1, 0.15) is 23.0 Å². The molecule has 1 N–H and O–H groups in total. The summed E-state index contributed by atoms with van der Waals surface area (Å²) in [5, 5.41) is 6.92. The Morgan fingerprint density at radius 1 is 1.30 bits per heavy atom. The zero-order chi connectivity index (χ0) is 17.0. The quantitative estimate of drug-likeness (QED) is 0.891. The van der Waals surface area contributed by atoms with Gasteiger partial charge in [0.25, 0.3) is 5.91 Å². The molecule has 0 aliphatic rings. The van der Waals surface area contributed by atoms with Gasteiger partial charge in [0.15, 0.2) is 5.82 Å². The molecule has 2 amide bonds. The van der Waals surface area contributed by atoms with Crippen LogP contribution >= 0.6 is 23.2 Å². The summed E-state index contributed by atoms with van der Waals surface area (Å²) in [5.41, 5.74) is 0.294. The van der Waals surface area contributed by atoms with Crippen molar-refractivity contribution in [3.8, 4) is 0 Å². The second kappa shape index (κ2) is 7.48. The van der Waals surface area contributed by atoms with Gasteiger partial charge >= 0.3 is 0 Å². The molecule has 8 heteroatoms. The van der Waals surface area contributed by atoms with Gasteiger partial charge in [0.1, 0.15) is 12.3 Å². The summed E-state index contributed by atoms with van der Waals surface area (Å²) in [6.07, 6.45) is 0. The van der Waals surface area contributed by atoms with Gasteiger partial charge in [-0.2, -0.15) is 0 Å². The van der Waals surface area contributed by atoms with Gasteiger partial charge in [-0.05, 0) is 32.0 Å². The number of anilines is 1. The predicted molar refractivity (Wildman–Crippen MR) is 87.9 cm³/mol. The molecule has 1 heterocycles. The molecular weight excluding hydrogens is 341 g/mol. The Hall–Kier alpha value is -2.05. The normalized spacial score (nSPS) is 10.4. The summed E-state index contributed by atoms with van der Waals surface area (Å²) in [6.45, 7) is 3.71. The summed E-state index contributed by atoms with van der Waals surface area (Å²) in [4.78, 5) is 25.9. The average Bonchev–Trinajstić information content (AvgIpc) is 2.89. The summed E-state index contributed by atoms with van der Waals surface area (Å²) < 4.78 is 4.87. The van der Waals surface area contributed by atoms with Gasteiger partial charge in [0.05, 0.1) is 10.6 Å². The minimum atomic E-state index is -0.376. The van der Waals surface area contributed by atoms with E-state index < -0.39 is 0 Å². The van der Waals surface area contributed by atoms with Crippen molar-refractivity contribution in [3.05, 3.63) is 45.6 Å². The van der Waals surface area contributed by atoms with E-state index in [0.29, 0.717) is 28.7 Å². The summed E-state index contributed by atoms with van der Waals surface area (Å²) in [7, 11) is 0. The van der Waals surface area contributed by atoms with Gasteiger partial charge in [0, 0.05) is 17.6 Å². The van der Waals surface area contributed by atoms with E-state index in [2.05, 4.69) is 10.5 Å². The highest BCUT2D eigenvalue weighted by molar-refractivity contribution is 6.36. The number of carbonyl (C=O) groups is 2. The lowest BCUT2D eigenvalue weighted by atomic mass is 10.2. The first-order valence-corrected chi connectivity index (χ1v) is 7.63. The highest BCUT2D eigenvalue weighted by Crippen LogP contribution is 2.22. The summed E-state index contributed by atoms with van der Waals surface area (Å²) in [6, 6.07) is 6.19. The van der Waals surface area contributed by atoms with E-state index in [1.165, 1.54) is 17.0 Å². The number of aryl methyl sites for hydroxylation is 1. The molecule has 23 heavy (non-hydrogen) atoms. The highest BCUT2D eigenvalue weighted by atomic mass is 35.5.